The van der Waals surface area contributed by atoms with Crippen LogP contribution in [-0.4, -0.2) is 53.5 Å². The average molecular weight is 446 g/mol. The highest BCUT2D eigenvalue weighted by Gasteiger charge is 2.28. The number of amides is 1. The lowest BCUT2D eigenvalue weighted by atomic mass is 9.97. The third-order valence-electron chi connectivity index (χ3n) is 5.46. The molecule has 1 aromatic carbocycles. The van der Waals surface area contributed by atoms with Crippen LogP contribution in [0, 0.1) is 18.7 Å². The molecule has 1 atom stereocenters. The van der Waals surface area contributed by atoms with Crippen molar-refractivity contribution in [3.63, 3.8) is 0 Å². The van der Waals surface area contributed by atoms with E-state index in [4.69, 9.17) is 9.72 Å². The number of aryl methyl sites for hydroxylation is 1. The molecule has 31 heavy (non-hydrogen) atoms. The molecule has 0 saturated carbocycles. The van der Waals surface area contributed by atoms with E-state index >= 15 is 0 Å². The molecule has 1 amide bonds. The zero-order chi connectivity index (χ0) is 21.8. The molecule has 166 valence electrons. The van der Waals surface area contributed by atoms with E-state index in [1.54, 1.807) is 22.1 Å². The minimum atomic E-state index is -0.305. The summed E-state index contributed by atoms with van der Waals surface area (Å²) in [6.07, 6.45) is 2.65. The maximum Gasteiger partial charge on any atom is 0.224 e. The van der Waals surface area contributed by atoms with Crippen LogP contribution >= 0.6 is 11.3 Å². The van der Waals surface area contributed by atoms with Crippen molar-refractivity contribution in [3.05, 3.63) is 35.8 Å². The first-order valence-corrected chi connectivity index (χ1v) is 11.6. The smallest absolute Gasteiger partial charge is 0.224 e. The van der Waals surface area contributed by atoms with E-state index in [9.17, 15) is 9.18 Å². The number of carbonyl (C=O) groups excluding carboxylic acids is 1. The number of fused-ring (bicyclic) bond motifs is 1. The van der Waals surface area contributed by atoms with Crippen molar-refractivity contribution < 1.29 is 13.9 Å². The van der Waals surface area contributed by atoms with Crippen molar-refractivity contribution in [1.82, 2.24) is 20.1 Å². The maximum atomic E-state index is 13.7. The zero-order valence-electron chi connectivity index (χ0n) is 17.9. The molecule has 1 N–H and O–H groups in total. The summed E-state index contributed by atoms with van der Waals surface area (Å²) in [7, 11) is 0. The molecule has 0 spiro atoms. The summed E-state index contributed by atoms with van der Waals surface area (Å²) in [5.41, 5.74) is 2.24. The lowest BCUT2D eigenvalue weighted by Gasteiger charge is -2.31. The van der Waals surface area contributed by atoms with Gasteiger partial charge in [-0.15, -0.1) is 0 Å². The molecule has 0 bridgehead atoms. The molecule has 7 nitrogen and oxygen atoms in total. The second-order valence-electron chi connectivity index (χ2n) is 7.75. The van der Waals surface area contributed by atoms with Crippen molar-refractivity contribution in [2.75, 3.05) is 37.7 Å². The summed E-state index contributed by atoms with van der Waals surface area (Å²) in [6, 6.07) is 6.36. The maximum absolute atomic E-state index is 13.7. The fourth-order valence-corrected chi connectivity index (χ4v) is 4.91. The van der Waals surface area contributed by atoms with Crippen molar-refractivity contribution in [2.45, 2.75) is 33.1 Å². The van der Waals surface area contributed by atoms with Crippen LogP contribution in [-0.2, 0) is 9.53 Å². The van der Waals surface area contributed by atoms with Gasteiger partial charge in [0.25, 0.3) is 0 Å². The molecule has 3 aromatic rings. The van der Waals surface area contributed by atoms with Crippen LogP contribution in [0.2, 0.25) is 0 Å². The molecular weight excluding hydrogens is 417 g/mol. The molecule has 0 radical (unpaired) electrons. The molecular formula is C22H28FN5O2S. The van der Waals surface area contributed by atoms with Crippen LogP contribution in [0.3, 0.4) is 0 Å². The molecule has 0 unspecified atom stereocenters. The van der Waals surface area contributed by atoms with E-state index in [1.807, 2.05) is 19.9 Å². The fourth-order valence-electron chi connectivity index (χ4n) is 3.89. The van der Waals surface area contributed by atoms with Crippen molar-refractivity contribution in [2.24, 2.45) is 5.92 Å². The first-order valence-electron chi connectivity index (χ1n) is 10.8. The SMILES string of the molecule is CCOCCCNC(=O)[C@H]1CCCN(c2nc3c(s2)c(C)nn3-c2cccc(F)c2)C1. The van der Waals surface area contributed by atoms with Crippen LogP contribution in [0.15, 0.2) is 24.3 Å². The Balaban J connectivity index is 1.47. The highest BCUT2D eigenvalue weighted by Crippen LogP contribution is 2.34. The first kappa shape index (κ1) is 21.7. The number of benzene rings is 1. The van der Waals surface area contributed by atoms with Crippen LogP contribution in [0.25, 0.3) is 16.0 Å². The van der Waals surface area contributed by atoms with E-state index in [1.165, 1.54) is 12.1 Å². The molecule has 1 aliphatic rings. The van der Waals surface area contributed by atoms with Gasteiger partial charge in [-0.25, -0.2) is 9.07 Å². The molecule has 2 aromatic heterocycles. The third kappa shape index (κ3) is 4.88. The van der Waals surface area contributed by atoms with E-state index in [2.05, 4.69) is 15.3 Å². The summed E-state index contributed by atoms with van der Waals surface area (Å²) in [5, 5.41) is 8.47. The van der Waals surface area contributed by atoms with E-state index in [0.29, 0.717) is 32.0 Å². The highest BCUT2D eigenvalue weighted by molar-refractivity contribution is 7.22. The second kappa shape index (κ2) is 9.74. The Bertz CT molecular complexity index is 1050. The largest absolute Gasteiger partial charge is 0.382 e. The summed E-state index contributed by atoms with van der Waals surface area (Å²) >= 11 is 1.58. The minimum Gasteiger partial charge on any atom is -0.382 e. The Hall–Kier alpha value is -2.52. The Morgan fingerprint density at radius 2 is 2.29 bits per heavy atom. The van der Waals surface area contributed by atoms with Gasteiger partial charge in [-0.05, 0) is 51.3 Å². The molecule has 0 aliphatic carbocycles. The van der Waals surface area contributed by atoms with E-state index in [0.717, 1.165) is 47.0 Å². The molecule has 4 rings (SSSR count). The lowest BCUT2D eigenvalue weighted by Crippen LogP contribution is -2.43. The van der Waals surface area contributed by atoms with Gasteiger partial charge in [-0.1, -0.05) is 17.4 Å². The number of ether oxygens (including phenoxy) is 1. The number of hydrogen-bond acceptors (Lipinski definition) is 6. The van der Waals surface area contributed by atoms with Gasteiger partial charge in [-0.3, -0.25) is 4.79 Å². The summed E-state index contributed by atoms with van der Waals surface area (Å²) in [4.78, 5) is 19.6. The van der Waals surface area contributed by atoms with Gasteiger partial charge >= 0.3 is 0 Å². The van der Waals surface area contributed by atoms with Gasteiger partial charge in [0.2, 0.25) is 5.91 Å². The van der Waals surface area contributed by atoms with Crippen LogP contribution < -0.4 is 10.2 Å². The molecule has 3 heterocycles. The van der Waals surface area contributed by atoms with Gasteiger partial charge in [0, 0.05) is 32.8 Å². The van der Waals surface area contributed by atoms with Gasteiger partial charge < -0.3 is 15.0 Å². The third-order valence-corrected chi connectivity index (χ3v) is 6.68. The zero-order valence-corrected chi connectivity index (χ0v) is 18.8. The fraction of sp³-hybridized carbons (Fsp3) is 0.500. The molecule has 1 aliphatic heterocycles. The number of hydrogen-bond donors (Lipinski definition) is 1. The van der Waals surface area contributed by atoms with Crippen LogP contribution in [0.5, 0.6) is 0 Å². The van der Waals surface area contributed by atoms with Crippen LogP contribution in [0.4, 0.5) is 9.52 Å². The number of rotatable bonds is 8. The van der Waals surface area contributed by atoms with Crippen molar-refractivity contribution in [3.8, 4) is 5.69 Å². The Morgan fingerprint density at radius 1 is 1.42 bits per heavy atom. The Morgan fingerprint density at radius 3 is 3.10 bits per heavy atom. The number of anilines is 1. The highest BCUT2D eigenvalue weighted by atomic mass is 32.1. The topological polar surface area (TPSA) is 72.3 Å². The Labute approximate surface area is 185 Å². The number of halogens is 1. The molecule has 9 heteroatoms. The average Bonchev–Trinajstić information content (AvgIpc) is 3.34. The van der Waals surface area contributed by atoms with Gasteiger partial charge in [-0.2, -0.15) is 10.1 Å². The normalized spacial score (nSPS) is 16.7. The number of nitrogens with zero attached hydrogens (tertiary/aromatic N) is 4. The predicted octanol–water partition coefficient (Wildman–Crippen LogP) is 3.69. The quantitative estimate of drug-likeness (QED) is 0.536. The number of carbonyl (C=O) groups is 1. The summed E-state index contributed by atoms with van der Waals surface area (Å²) in [6.45, 7) is 7.43. The van der Waals surface area contributed by atoms with E-state index < -0.39 is 0 Å². The lowest BCUT2D eigenvalue weighted by molar-refractivity contribution is -0.125. The van der Waals surface area contributed by atoms with Crippen molar-refractivity contribution >= 4 is 32.7 Å². The number of thiazole rings is 1. The van der Waals surface area contributed by atoms with E-state index in [-0.39, 0.29) is 17.6 Å². The predicted molar refractivity (Wildman–Crippen MR) is 120 cm³/mol. The second-order valence-corrected chi connectivity index (χ2v) is 8.73. The number of aromatic nitrogens is 3. The Kier molecular flexibility index (Phi) is 6.82. The molecule has 1 saturated heterocycles. The van der Waals surface area contributed by atoms with Crippen LogP contribution in [0.1, 0.15) is 31.9 Å². The summed E-state index contributed by atoms with van der Waals surface area (Å²) in [5.74, 6) is -0.251. The first-order chi connectivity index (χ1) is 15.1. The number of piperidine rings is 1. The van der Waals surface area contributed by atoms with Gasteiger partial charge in [0.1, 0.15) is 5.82 Å². The summed E-state index contributed by atoms with van der Waals surface area (Å²) < 4.78 is 21.7. The number of nitrogens with one attached hydrogen (secondary N) is 1. The minimum absolute atomic E-state index is 0.0475. The van der Waals surface area contributed by atoms with Gasteiger partial charge in [0.15, 0.2) is 10.8 Å². The molecule has 1 fully saturated rings. The monoisotopic (exact) mass is 445 g/mol. The van der Waals surface area contributed by atoms with Gasteiger partial charge in [0.05, 0.1) is 22.0 Å². The standard InChI is InChI=1S/C22H28FN5O2S/c1-3-30-12-6-10-24-21(29)16-7-5-11-27(14-16)22-25-20-19(31-22)15(2)26-28(20)18-9-4-8-17(23)13-18/h4,8-9,13,16H,3,5-7,10-12,14H2,1-2H3,(H,24,29)/t16-/m0/s1. The van der Waals surface area contributed by atoms with Crippen molar-refractivity contribution in [1.29, 1.82) is 0 Å².